The van der Waals surface area contributed by atoms with Crippen molar-refractivity contribution >= 4 is 45.0 Å². The molecule has 2 heterocycles. The second kappa shape index (κ2) is 8.91. The van der Waals surface area contributed by atoms with Gasteiger partial charge < -0.3 is 10.1 Å². The lowest BCUT2D eigenvalue weighted by Crippen LogP contribution is -2.42. The molecule has 2 aromatic heterocycles. The van der Waals surface area contributed by atoms with E-state index in [0.717, 1.165) is 27.2 Å². The average Bonchev–Trinajstić information content (AvgIpc) is 3.35. The number of amides is 1. The Morgan fingerprint density at radius 3 is 2.55 bits per heavy atom. The normalized spacial score (nSPS) is 12.0. The molecule has 0 saturated carbocycles. The summed E-state index contributed by atoms with van der Waals surface area (Å²) in [5.41, 5.74) is 2.60. The molecule has 0 aliphatic heterocycles. The van der Waals surface area contributed by atoms with Gasteiger partial charge in [0.2, 0.25) is 0 Å². The van der Waals surface area contributed by atoms with Crippen LogP contribution in [-0.2, 0) is 16.0 Å². The maximum atomic E-state index is 13.0. The Morgan fingerprint density at radius 2 is 1.87 bits per heavy atom. The van der Waals surface area contributed by atoms with Gasteiger partial charge in [0.25, 0.3) is 5.91 Å². The minimum atomic E-state index is -0.779. The van der Waals surface area contributed by atoms with Gasteiger partial charge in [0.05, 0.1) is 23.4 Å². The molecule has 31 heavy (non-hydrogen) atoms. The van der Waals surface area contributed by atoms with E-state index in [-0.39, 0.29) is 5.91 Å². The molecule has 0 fully saturated rings. The highest BCUT2D eigenvalue weighted by Gasteiger charge is 2.24. The molecule has 2 aromatic carbocycles. The fraction of sp³-hybridized carbons (Fsp3) is 0.174. The Morgan fingerprint density at radius 1 is 1.16 bits per heavy atom. The number of thiophene rings is 1. The van der Waals surface area contributed by atoms with Crippen LogP contribution < -0.4 is 5.32 Å². The monoisotopic (exact) mass is 453 g/mol. The summed E-state index contributed by atoms with van der Waals surface area (Å²) in [5.74, 6) is -0.809. The summed E-state index contributed by atoms with van der Waals surface area (Å²) in [5, 5.41) is 8.94. The first-order chi connectivity index (χ1) is 15.0. The lowest BCUT2D eigenvalue weighted by molar-refractivity contribution is -0.142. The zero-order valence-corrected chi connectivity index (χ0v) is 18.5. The molecule has 158 valence electrons. The van der Waals surface area contributed by atoms with Crippen LogP contribution in [0.1, 0.15) is 20.9 Å². The number of carbonyl (C=O) groups excluding carboxylic acids is 2. The molecule has 1 atom stereocenters. The third-order valence-corrected chi connectivity index (χ3v) is 6.27. The molecule has 1 N–H and O–H groups in total. The number of methoxy groups -OCH3 is 1. The number of fused-ring (bicyclic) bond motifs is 1. The summed E-state index contributed by atoms with van der Waals surface area (Å²) in [7, 11) is 1.32. The number of benzene rings is 2. The van der Waals surface area contributed by atoms with Gasteiger partial charge in [-0.05, 0) is 42.8 Å². The van der Waals surface area contributed by atoms with Crippen LogP contribution in [0.5, 0.6) is 0 Å². The Hall–Kier alpha value is -3.16. The summed E-state index contributed by atoms with van der Waals surface area (Å²) in [4.78, 5) is 26.6. The second-order valence-corrected chi connectivity index (χ2v) is 8.51. The number of rotatable bonds is 6. The van der Waals surface area contributed by atoms with Crippen molar-refractivity contribution in [3.63, 3.8) is 0 Å². The molecular weight excluding hydrogens is 434 g/mol. The lowest BCUT2D eigenvalue weighted by Gasteiger charge is -2.16. The van der Waals surface area contributed by atoms with Crippen LogP contribution in [-0.4, -0.2) is 34.8 Å². The minimum Gasteiger partial charge on any atom is -0.467 e. The van der Waals surface area contributed by atoms with Crippen LogP contribution in [0.4, 0.5) is 0 Å². The zero-order chi connectivity index (χ0) is 22.0. The molecule has 0 spiro atoms. The summed E-state index contributed by atoms with van der Waals surface area (Å²) in [6.07, 6.45) is 0.349. The molecule has 0 radical (unpaired) electrons. The molecular formula is C23H20ClN3O3S. The van der Waals surface area contributed by atoms with E-state index in [9.17, 15) is 9.59 Å². The van der Waals surface area contributed by atoms with Gasteiger partial charge in [0, 0.05) is 16.8 Å². The van der Waals surface area contributed by atoms with Crippen LogP contribution in [0.2, 0.25) is 5.02 Å². The van der Waals surface area contributed by atoms with E-state index in [1.54, 1.807) is 22.9 Å². The van der Waals surface area contributed by atoms with Crippen LogP contribution >= 0.6 is 22.9 Å². The SMILES string of the molecule is COC(=O)[C@@H](Cc1ccccc1)NC(=O)c1cc2c(C)nn(-c3ccc(Cl)cc3)c2s1. The first-order valence-electron chi connectivity index (χ1n) is 9.64. The predicted molar refractivity (Wildman–Crippen MR) is 122 cm³/mol. The predicted octanol–water partition coefficient (Wildman–Crippen LogP) is 4.56. The molecule has 0 unspecified atom stereocenters. The molecule has 0 aliphatic rings. The number of nitrogens with zero attached hydrogens (tertiary/aromatic N) is 2. The Bertz CT molecular complexity index is 1230. The lowest BCUT2D eigenvalue weighted by atomic mass is 10.1. The van der Waals surface area contributed by atoms with Gasteiger partial charge in [-0.3, -0.25) is 4.79 Å². The van der Waals surface area contributed by atoms with Crippen molar-refractivity contribution in [2.75, 3.05) is 7.11 Å². The highest BCUT2D eigenvalue weighted by atomic mass is 35.5. The largest absolute Gasteiger partial charge is 0.467 e. The Balaban J connectivity index is 1.61. The van der Waals surface area contributed by atoms with Crippen molar-refractivity contribution < 1.29 is 14.3 Å². The highest BCUT2D eigenvalue weighted by molar-refractivity contribution is 7.20. The van der Waals surface area contributed by atoms with Crippen molar-refractivity contribution in [1.29, 1.82) is 0 Å². The minimum absolute atomic E-state index is 0.324. The van der Waals surface area contributed by atoms with Crippen molar-refractivity contribution in [2.45, 2.75) is 19.4 Å². The fourth-order valence-corrected chi connectivity index (χ4v) is 4.54. The van der Waals surface area contributed by atoms with Gasteiger partial charge in [-0.15, -0.1) is 11.3 Å². The Kier molecular flexibility index (Phi) is 6.06. The quantitative estimate of drug-likeness (QED) is 0.434. The molecule has 4 rings (SSSR count). The topological polar surface area (TPSA) is 73.2 Å². The summed E-state index contributed by atoms with van der Waals surface area (Å²) >= 11 is 7.32. The van der Waals surface area contributed by atoms with E-state index in [4.69, 9.17) is 16.3 Å². The van der Waals surface area contributed by atoms with Gasteiger partial charge in [-0.2, -0.15) is 5.10 Å². The van der Waals surface area contributed by atoms with Gasteiger partial charge >= 0.3 is 5.97 Å². The fourth-order valence-electron chi connectivity index (χ4n) is 3.33. The smallest absolute Gasteiger partial charge is 0.328 e. The number of carbonyl (C=O) groups is 2. The maximum Gasteiger partial charge on any atom is 0.328 e. The third-order valence-electron chi connectivity index (χ3n) is 4.91. The van der Waals surface area contributed by atoms with Gasteiger partial charge in [0.1, 0.15) is 10.9 Å². The van der Waals surface area contributed by atoms with Gasteiger partial charge in [-0.25, -0.2) is 9.48 Å². The van der Waals surface area contributed by atoms with E-state index in [2.05, 4.69) is 10.4 Å². The zero-order valence-electron chi connectivity index (χ0n) is 17.0. The van der Waals surface area contributed by atoms with Gasteiger partial charge in [-0.1, -0.05) is 41.9 Å². The molecule has 0 aliphatic carbocycles. The number of hydrogen-bond acceptors (Lipinski definition) is 5. The van der Waals surface area contributed by atoms with Crippen LogP contribution in [0.15, 0.2) is 60.7 Å². The third kappa shape index (κ3) is 4.47. The van der Waals surface area contributed by atoms with E-state index in [0.29, 0.717) is 16.3 Å². The molecule has 8 heteroatoms. The van der Waals surface area contributed by atoms with Crippen LogP contribution in [0, 0.1) is 6.92 Å². The second-order valence-electron chi connectivity index (χ2n) is 7.04. The van der Waals surface area contributed by atoms with Gasteiger partial charge in [0.15, 0.2) is 0 Å². The number of halogens is 1. The Labute approximate surface area is 188 Å². The number of nitrogens with one attached hydrogen (secondary N) is 1. The van der Waals surface area contributed by atoms with E-state index < -0.39 is 12.0 Å². The summed E-state index contributed by atoms with van der Waals surface area (Å²) in [6.45, 7) is 1.90. The molecule has 4 aromatic rings. The van der Waals surface area contributed by atoms with Crippen molar-refractivity contribution in [3.8, 4) is 5.69 Å². The van der Waals surface area contributed by atoms with Crippen LogP contribution in [0.3, 0.4) is 0 Å². The summed E-state index contributed by atoms with van der Waals surface area (Å²) in [6, 6.07) is 17.9. The van der Waals surface area contributed by atoms with Crippen molar-refractivity contribution in [3.05, 3.63) is 81.8 Å². The van der Waals surface area contributed by atoms with E-state index in [1.807, 2.05) is 49.4 Å². The molecule has 0 saturated heterocycles. The number of esters is 1. The number of aryl methyl sites for hydroxylation is 1. The first-order valence-corrected chi connectivity index (χ1v) is 10.8. The van der Waals surface area contributed by atoms with Crippen molar-refractivity contribution in [1.82, 2.24) is 15.1 Å². The van der Waals surface area contributed by atoms with E-state index in [1.165, 1.54) is 18.4 Å². The van der Waals surface area contributed by atoms with E-state index >= 15 is 0 Å². The highest BCUT2D eigenvalue weighted by Crippen LogP contribution is 2.30. The first kappa shape index (κ1) is 21.1. The number of hydrogen-bond donors (Lipinski definition) is 1. The average molecular weight is 454 g/mol. The summed E-state index contributed by atoms with van der Waals surface area (Å²) < 4.78 is 6.69. The maximum absolute atomic E-state index is 13.0. The molecule has 1 amide bonds. The number of ether oxygens (including phenoxy) is 1. The molecule has 6 nitrogen and oxygen atoms in total. The van der Waals surface area contributed by atoms with Crippen LogP contribution in [0.25, 0.3) is 15.9 Å². The van der Waals surface area contributed by atoms with Crippen molar-refractivity contribution in [2.24, 2.45) is 0 Å². The number of aromatic nitrogens is 2. The standard InChI is InChI=1S/C23H20ClN3O3S/c1-14-18-13-20(31-22(18)27(26-14)17-10-8-16(24)9-11-17)21(28)25-19(23(29)30-2)12-15-6-4-3-5-7-15/h3-11,13,19H,12H2,1-2H3,(H,25,28)/t19-/m1/s1. The molecule has 0 bridgehead atoms.